The van der Waals surface area contributed by atoms with Crippen LogP contribution in [-0.4, -0.2) is 29.6 Å². The Kier molecular flexibility index (Phi) is 3.42. The van der Waals surface area contributed by atoms with Gasteiger partial charge in [0.05, 0.1) is 6.04 Å². The number of carbonyl (C=O) groups excluding carboxylic acids is 2. The lowest BCUT2D eigenvalue weighted by atomic mass is 9.79. The van der Waals surface area contributed by atoms with Gasteiger partial charge in [-0.3, -0.25) is 9.69 Å². The molecule has 2 aliphatic rings. The molecule has 0 spiro atoms. The molecule has 0 saturated carbocycles. The number of urea groups is 1. The smallest absolute Gasteiger partial charge is 0.320 e. The third kappa shape index (κ3) is 2.33. The minimum atomic E-state index is -1.07. The van der Waals surface area contributed by atoms with Gasteiger partial charge in [0.15, 0.2) is 5.72 Å². The molecule has 25 heavy (non-hydrogen) atoms. The van der Waals surface area contributed by atoms with Crippen molar-refractivity contribution in [3.63, 3.8) is 0 Å². The number of carbonyl (C=O) groups is 2. The maximum Gasteiger partial charge on any atom is 0.320 e. The van der Waals surface area contributed by atoms with Crippen LogP contribution in [0.25, 0.3) is 0 Å². The molecule has 2 N–H and O–H groups in total. The van der Waals surface area contributed by atoms with E-state index in [4.69, 9.17) is 4.74 Å². The van der Waals surface area contributed by atoms with E-state index < -0.39 is 17.7 Å². The first kappa shape index (κ1) is 15.5. The van der Waals surface area contributed by atoms with Crippen LogP contribution in [0.2, 0.25) is 0 Å². The first-order valence-corrected chi connectivity index (χ1v) is 8.19. The molecule has 0 aromatic heterocycles. The zero-order valence-corrected chi connectivity index (χ0v) is 14.0. The summed E-state index contributed by atoms with van der Waals surface area (Å²) in [5.41, 5.74) is 0.455. The molecule has 2 bridgehead atoms. The van der Waals surface area contributed by atoms with Crippen LogP contribution < -0.4 is 15.4 Å². The number of amides is 3. The highest BCUT2D eigenvalue weighted by atomic mass is 16.5. The molecular formula is C19H19N3O3. The summed E-state index contributed by atoms with van der Waals surface area (Å²) in [6.45, 7) is 1.78. The minimum absolute atomic E-state index is 0.194. The molecule has 2 aromatic rings. The molecule has 0 unspecified atom stereocenters. The maximum absolute atomic E-state index is 13.1. The first-order valence-electron chi connectivity index (χ1n) is 8.19. The largest absolute Gasteiger partial charge is 0.467 e. The lowest BCUT2D eigenvalue weighted by Gasteiger charge is -2.53. The molecule has 2 heterocycles. The van der Waals surface area contributed by atoms with E-state index in [1.54, 1.807) is 14.0 Å². The van der Waals surface area contributed by atoms with Crippen LogP contribution in [0.4, 0.5) is 10.5 Å². The van der Waals surface area contributed by atoms with Gasteiger partial charge in [0.25, 0.3) is 0 Å². The second-order valence-electron chi connectivity index (χ2n) is 6.51. The second-order valence-corrected chi connectivity index (χ2v) is 6.51. The van der Waals surface area contributed by atoms with Gasteiger partial charge in [0.2, 0.25) is 5.91 Å². The summed E-state index contributed by atoms with van der Waals surface area (Å²) in [6.07, 6.45) is 0. The van der Waals surface area contributed by atoms with Crippen LogP contribution in [0.3, 0.4) is 0 Å². The summed E-state index contributed by atoms with van der Waals surface area (Å²) in [4.78, 5) is 26.9. The highest BCUT2D eigenvalue weighted by Gasteiger charge is 2.58. The average molecular weight is 337 g/mol. The Balaban J connectivity index is 1.76. The molecule has 3 amide bonds. The highest BCUT2D eigenvalue weighted by Crippen LogP contribution is 2.47. The van der Waals surface area contributed by atoms with Crippen molar-refractivity contribution in [1.82, 2.24) is 10.2 Å². The van der Waals surface area contributed by atoms with Crippen molar-refractivity contribution in [1.29, 1.82) is 0 Å². The predicted molar refractivity (Wildman–Crippen MR) is 93.1 cm³/mol. The molecule has 2 aromatic carbocycles. The number of benzene rings is 2. The van der Waals surface area contributed by atoms with Crippen LogP contribution >= 0.6 is 0 Å². The number of para-hydroxylation sites is 2. The van der Waals surface area contributed by atoms with E-state index in [2.05, 4.69) is 10.6 Å². The van der Waals surface area contributed by atoms with Gasteiger partial charge >= 0.3 is 6.03 Å². The van der Waals surface area contributed by atoms with Crippen molar-refractivity contribution in [3.05, 3.63) is 60.2 Å². The summed E-state index contributed by atoms with van der Waals surface area (Å²) in [5.74, 6) is -0.101. The summed E-state index contributed by atoms with van der Waals surface area (Å²) in [5, 5.41) is 5.88. The molecule has 0 radical (unpaired) electrons. The van der Waals surface area contributed by atoms with Crippen molar-refractivity contribution >= 4 is 17.6 Å². The SMILES string of the molecule is CN1C(=O)N[C@@H]2c3ccccc3O[C@]1(C)[C@H]2C(=O)Nc1ccccc1. The van der Waals surface area contributed by atoms with Crippen molar-refractivity contribution in [2.24, 2.45) is 5.92 Å². The number of rotatable bonds is 2. The lowest BCUT2D eigenvalue weighted by molar-refractivity contribution is -0.150. The van der Waals surface area contributed by atoms with Crippen LogP contribution in [0.15, 0.2) is 54.6 Å². The molecule has 0 aliphatic carbocycles. The van der Waals surface area contributed by atoms with Gasteiger partial charge in [0, 0.05) is 18.3 Å². The lowest BCUT2D eigenvalue weighted by Crippen LogP contribution is -2.70. The monoisotopic (exact) mass is 337 g/mol. The fraction of sp³-hybridized carbons (Fsp3) is 0.263. The molecule has 4 rings (SSSR count). The standard InChI is InChI=1S/C19H19N3O3/c1-19-15(17(23)20-12-8-4-3-5-9-12)16(21-18(24)22(19)2)13-10-6-7-11-14(13)25-19/h3-11,15-16H,1-2H3,(H,20,23)(H,21,24)/t15-,16-,19-/m1/s1. The molecule has 128 valence electrons. The maximum atomic E-state index is 13.1. The Hall–Kier alpha value is -3.02. The third-order valence-electron chi connectivity index (χ3n) is 5.05. The number of nitrogens with one attached hydrogen (secondary N) is 2. The number of fused-ring (bicyclic) bond motifs is 4. The van der Waals surface area contributed by atoms with Crippen molar-refractivity contribution in [2.75, 3.05) is 12.4 Å². The Morgan fingerprint density at radius 2 is 1.84 bits per heavy atom. The Morgan fingerprint density at radius 1 is 1.16 bits per heavy atom. The number of nitrogens with zero attached hydrogens (tertiary/aromatic N) is 1. The third-order valence-corrected chi connectivity index (χ3v) is 5.05. The van der Waals surface area contributed by atoms with E-state index in [1.807, 2.05) is 54.6 Å². The van der Waals surface area contributed by atoms with Crippen LogP contribution in [-0.2, 0) is 4.79 Å². The fourth-order valence-corrected chi connectivity index (χ4v) is 3.61. The predicted octanol–water partition coefficient (Wildman–Crippen LogP) is 2.75. The van der Waals surface area contributed by atoms with E-state index in [-0.39, 0.29) is 11.9 Å². The first-order chi connectivity index (χ1) is 12.0. The number of hydrogen-bond donors (Lipinski definition) is 2. The van der Waals surface area contributed by atoms with Gasteiger partial charge in [-0.05, 0) is 25.1 Å². The molecule has 6 heteroatoms. The van der Waals surface area contributed by atoms with E-state index >= 15 is 0 Å². The van der Waals surface area contributed by atoms with E-state index in [1.165, 1.54) is 4.90 Å². The molecule has 2 aliphatic heterocycles. The molecule has 3 atom stereocenters. The molecular weight excluding hydrogens is 318 g/mol. The number of ether oxygens (including phenoxy) is 1. The van der Waals surface area contributed by atoms with E-state index in [9.17, 15) is 9.59 Å². The fourth-order valence-electron chi connectivity index (χ4n) is 3.61. The van der Waals surface area contributed by atoms with E-state index in [0.717, 1.165) is 5.56 Å². The summed E-state index contributed by atoms with van der Waals surface area (Å²) < 4.78 is 6.15. The van der Waals surface area contributed by atoms with Gasteiger partial charge in [-0.15, -0.1) is 0 Å². The second kappa shape index (κ2) is 5.51. The normalized spacial score (nSPS) is 27.0. The van der Waals surface area contributed by atoms with Crippen molar-refractivity contribution in [2.45, 2.75) is 18.7 Å². The van der Waals surface area contributed by atoms with Crippen LogP contribution in [0.5, 0.6) is 5.75 Å². The summed E-state index contributed by atoms with van der Waals surface area (Å²) in [6, 6.07) is 16.1. The van der Waals surface area contributed by atoms with Crippen LogP contribution in [0, 0.1) is 5.92 Å². The van der Waals surface area contributed by atoms with Gasteiger partial charge in [-0.25, -0.2) is 4.79 Å². The number of anilines is 1. The summed E-state index contributed by atoms with van der Waals surface area (Å²) in [7, 11) is 1.64. The van der Waals surface area contributed by atoms with Crippen molar-refractivity contribution < 1.29 is 14.3 Å². The minimum Gasteiger partial charge on any atom is -0.467 e. The summed E-state index contributed by atoms with van der Waals surface area (Å²) >= 11 is 0. The van der Waals surface area contributed by atoms with Gasteiger partial charge in [0.1, 0.15) is 11.7 Å². The zero-order chi connectivity index (χ0) is 17.6. The molecule has 1 fully saturated rings. The average Bonchev–Trinajstić information content (AvgIpc) is 2.60. The molecule has 1 saturated heterocycles. The Labute approximate surface area is 145 Å². The van der Waals surface area contributed by atoms with Crippen LogP contribution in [0.1, 0.15) is 18.5 Å². The van der Waals surface area contributed by atoms with Gasteiger partial charge in [-0.2, -0.15) is 0 Å². The Morgan fingerprint density at radius 3 is 2.60 bits per heavy atom. The van der Waals surface area contributed by atoms with Crippen molar-refractivity contribution in [3.8, 4) is 5.75 Å². The number of hydrogen-bond acceptors (Lipinski definition) is 3. The van der Waals surface area contributed by atoms with E-state index in [0.29, 0.717) is 11.4 Å². The molecule has 6 nitrogen and oxygen atoms in total. The Bertz CT molecular complexity index is 839. The topological polar surface area (TPSA) is 70.7 Å². The van der Waals surface area contributed by atoms with Gasteiger partial charge in [-0.1, -0.05) is 36.4 Å². The quantitative estimate of drug-likeness (QED) is 0.885. The highest BCUT2D eigenvalue weighted by molar-refractivity contribution is 5.96. The van der Waals surface area contributed by atoms with Gasteiger partial charge < -0.3 is 15.4 Å². The zero-order valence-electron chi connectivity index (χ0n) is 14.0.